The highest BCUT2D eigenvalue weighted by atomic mass is 35.5. The maximum atomic E-state index is 8.80. The molecule has 0 atom stereocenters. The molecule has 2 nitrogen and oxygen atoms in total. The van der Waals surface area contributed by atoms with Gasteiger partial charge in [-0.25, -0.2) is 0 Å². The lowest BCUT2D eigenvalue weighted by atomic mass is 10.1. The summed E-state index contributed by atoms with van der Waals surface area (Å²) in [4.78, 5) is 0. The van der Waals surface area contributed by atoms with E-state index in [0.717, 1.165) is 11.3 Å². The van der Waals surface area contributed by atoms with Crippen molar-refractivity contribution in [1.29, 1.82) is 5.26 Å². The van der Waals surface area contributed by atoms with E-state index >= 15 is 0 Å². The molecule has 0 spiro atoms. The lowest BCUT2D eigenvalue weighted by Gasteiger charge is -2.11. The van der Waals surface area contributed by atoms with E-state index < -0.39 is 0 Å². The van der Waals surface area contributed by atoms with Gasteiger partial charge in [0.15, 0.2) is 0 Å². The standard InChI is InChI=1S/C16H15ClN2/c1-11-3-6-16(12(2)7-11)19-10-14-5-4-13(9-18)8-15(14)17/h3-8,19H,10H2,1-2H3. The quantitative estimate of drug-likeness (QED) is 0.895. The third-order valence-corrected chi connectivity index (χ3v) is 3.39. The Morgan fingerprint density at radius 3 is 2.58 bits per heavy atom. The first-order chi connectivity index (χ1) is 9.10. The molecule has 2 aromatic rings. The summed E-state index contributed by atoms with van der Waals surface area (Å²) in [6, 6.07) is 13.7. The summed E-state index contributed by atoms with van der Waals surface area (Å²) in [5, 5.41) is 12.8. The van der Waals surface area contributed by atoms with Gasteiger partial charge in [-0.05, 0) is 43.2 Å². The first kappa shape index (κ1) is 13.5. The predicted molar refractivity (Wildman–Crippen MR) is 79.4 cm³/mol. The average molecular weight is 271 g/mol. The zero-order chi connectivity index (χ0) is 13.8. The summed E-state index contributed by atoms with van der Waals surface area (Å²) in [5.41, 5.74) is 5.14. The van der Waals surface area contributed by atoms with Crippen molar-refractivity contribution in [1.82, 2.24) is 0 Å². The Labute approximate surface area is 118 Å². The van der Waals surface area contributed by atoms with Crippen LogP contribution in [0.1, 0.15) is 22.3 Å². The van der Waals surface area contributed by atoms with Crippen molar-refractivity contribution in [3.8, 4) is 6.07 Å². The number of aryl methyl sites for hydroxylation is 2. The van der Waals surface area contributed by atoms with Crippen LogP contribution in [0.3, 0.4) is 0 Å². The SMILES string of the molecule is Cc1ccc(NCc2ccc(C#N)cc2Cl)c(C)c1. The fourth-order valence-electron chi connectivity index (χ4n) is 1.96. The summed E-state index contributed by atoms with van der Waals surface area (Å²) in [5.74, 6) is 0. The normalized spacial score (nSPS) is 10.0. The van der Waals surface area contributed by atoms with Crippen molar-refractivity contribution < 1.29 is 0 Å². The minimum atomic E-state index is 0.584. The minimum Gasteiger partial charge on any atom is -0.381 e. The van der Waals surface area contributed by atoms with E-state index in [2.05, 4.69) is 43.4 Å². The van der Waals surface area contributed by atoms with Crippen LogP contribution in [0.5, 0.6) is 0 Å². The summed E-state index contributed by atoms with van der Waals surface area (Å²) in [7, 11) is 0. The van der Waals surface area contributed by atoms with Gasteiger partial charge in [-0.15, -0.1) is 0 Å². The Morgan fingerprint density at radius 2 is 1.95 bits per heavy atom. The molecule has 0 aromatic heterocycles. The number of hydrogen-bond acceptors (Lipinski definition) is 2. The number of nitrogens with zero attached hydrogens (tertiary/aromatic N) is 1. The van der Waals surface area contributed by atoms with Gasteiger partial charge in [0.1, 0.15) is 0 Å². The minimum absolute atomic E-state index is 0.584. The Kier molecular flexibility index (Phi) is 4.09. The van der Waals surface area contributed by atoms with Gasteiger partial charge in [0.2, 0.25) is 0 Å². The second-order valence-corrected chi connectivity index (χ2v) is 5.00. The summed E-state index contributed by atoms with van der Waals surface area (Å²) >= 11 is 6.15. The van der Waals surface area contributed by atoms with Crippen molar-refractivity contribution in [2.45, 2.75) is 20.4 Å². The molecule has 1 N–H and O–H groups in total. The molecule has 96 valence electrons. The highest BCUT2D eigenvalue weighted by molar-refractivity contribution is 6.31. The zero-order valence-corrected chi connectivity index (χ0v) is 11.8. The largest absolute Gasteiger partial charge is 0.381 e. The third kappa shape index (κ3) is 3.27. The van der Waals surface area contributed by atoms with E-state index in [9.17, 15) is 0 Å². The van der Waals surface area contributed by atoms with Crippen LogP contribution < -0.4 is 5.32 Å². The number of hydrogen-bond donors (Lipinski definition) is 1. The molecule has 0 fully saturated rings. The number of nitrogens with one attached hydrogen (secondary N) is 1. The molecule has 3 heteroatoms. The number of anilines is 1. The fourth-order valence-corrected chi connectivity index (χ4v) is 2.21. The molecule has 19 heavy (non-hydrogen) atoms. The van der Waals surface area contributed by atoms with Crippen LogP contribution in [0.15, 0.2) is 36.4 Å². The molecule has 0 saturated carbocycles. The summed E-state index contributed by atoms with van der Waals surface area (Å²) in [6.07, 6.45) is 0. The molecule has 0 heterocycles. The van der Waals surface area contributed by atoms with E-state index in [1.54, 1.807) is 12.1 Å². The maximum Gasteiger partial charge on any atom is 0.0992 e. The predicted octanol–water partition coefficient (Wildman–Crippen LogP) is 4.44. The molecule has 0 aliphatic carbocycles. The van der Waals surface area contributed by atoms with E-state index in [-0.39, 0.29) is 0 Å². The Morgan fingerprint density at radius 1 is 1.16 bits per heavy atom. The van der Waals surface area contributed by atoms with Crippen LogP contribution in [-0.4, -0.2) is 0 Å². The topological polar surface area (TPSA) is 35.8 Å². The number of rotatable bonds is 3. The van der Waals surface area contributed by atoms with E-state index in [1.165, 1.54) is 11.1 Å². The van der Waals surface area contributed by atoms with Gasteiger partial charge < -0.3 is 5.32 Å². The Balaban J connectivity index is 2.13. The van der Waals surface area contributed by atoms with Crippen LogP contribution in [-0.2, 0) is 6.54 Å². The average Bonchev–Trinajstić information content (AvgIpc) is 2.39. The van der Waals surface area contributed by atoms with Crippen molar-refractivity contribution in [2.75, 3.05) is 5.32 Å². The molecule has 2 aromatic carbocycles. The van der Waals surface area contributed by atoms with Gasteiger partial charge in [0.25, 0.3) is 0 Å². The van der Waals surface area contributed by atoms with Crippen LogP contribution in [0.4, 0.5) is 5.69 Å². The fraction of sp³-hybridized carbons (Fsp3) is 0.188. The molecule has 0 bridgehead atoms. The van der Waals surface area contributed by atoms with Crippen LogP contribution in [0, 0.1) is 25.2 Å². The van der Waals surface area contributed by atoms with E-state index in [0.29, 0.717) is 17.1 Å². The van der Waals surface area contributed by atoms with Crippen molar-refractivity contribution >= 4 is 17.3 Å². The molecule has 0 amide bonds. The number of nitriles is 1. The van der Waals surface area contributed by atoms with Crippen molar-refractivity contribution in [2.24, 2.45) is 0 Å². The van der Waals surface area contributed by atoms with Crippen LogP contribution in [0.25, 0.3) is 0 Å². The van der Waals surface area contributed by atoms with Gasteiger partial charge in [-0.3, -0.25) is 0 Å². The first-order valence-corrected chi connectivity index (χ1v) is 6.47. The van der Waals surface area contributed by atoms with Gasteiger partial charge in [-0.1, -0.05) is 35.4 Å². The summed E-state index contributed by atoms with van der Waals surface area (Å²) < 4.78 is 0. The van der Waals surface area contributed by atoms with E-state index in [1.807, 2.05) is 6.07 Å². The number of halogens is 1. The molecular weight excluding hydrogens is 256 g/mol. The van der Waals surface area contributed by atoms with Crippen molar-refractivity contribution in [3.05, 3.63) is 63.7 Å². The second kappa shape index (κ2) is 5.77. The zero-order valence-electron chi connectivity index (χ0n) is 11.0. The Hall–Kier alpha value is -1.98. The van der Waals surface area contributed by atoms with Gasteiger partial charge in [0.05, 0.1) is 11.6 Å². The number of benzene rings is 2. The summed E-state index contributed by atoms with van der Waals surface area (Å²) in [6.45, 7) is 4.80. The highest BCUT2D eigenvalue weighted by Gasteiger charge is 2.03. The Bertz CT molecular complexity index is 642. The molecule has 0 radical (unpaired) electrons. The molecular formula is C16H15ClN2. The molecule has 0 unspecified atom stereocenters. The lowest BCUT2D eigenvalue weighted by molar-refractivity contribution is 1.14. The van der Waals surface area contributed by atoms with Gasteiger partial charge in [-0.2, -0.15) is 5.26 Å². The first-order valence-electron chi connectivity index (χ1n) is 6.10. The molecule has 0 saturated heterocycles. The lowest BCUT2D eigenvalue weighted by Crippen LogP contribution is -2.02. The second-order valence-electron chi connectivity index (χ2n) is 4.59. The molecule has 0 aliphatic rings. The molecule has 2 rings (SSSR count). The van der Waals surface area contributed by atoms with E-state index in [4.69, 9.17) is 16.9 Å². The molecule has 0 aliphatic heterocycles. The van der Waals surface area contributed by atoms with Crippen LogP contribution in [0.2, 0.25) is 5.02 Å². The van der Waals surface area contributed by atoms with Gasteiger partial charge in [0, 0.05) is 17.3 Å². The maximum absolute atomic E-state index is 8.80. The third-order valence-electron chi connectivity index (χ3n) is 3.03. The van der Waals surface area contributed by atoms with Crippen molar-refractivity contribution in [3.63, 3.8) is 0 Å². The smallest absolute Gasteiger partial charge is 0.0992 e. The van der Waals surface area contributed by atoms with Gasteiger partial charge >= 0.3 is 0 Å². The monoisotopic (exact) mass is 270 g/mol. The van der Waals surface area contributed by atoms with Crippen LogP contribution >= 0.6 is 11.6 Å². The highest BCUT2D eigenvalue weighted by Crippen LogP contribution is 2.21.